The maximum Gasteiger partial charge on any atom is 0.323 e. The van der Waals surface area contributed by atoms with Gasteiger partial charge in [0.15, 0.2) is 0 Å². The third-order valence-electron chi connectivity index (χ3n) is 2.33. The topological polar surface area (TPSA) is 77.8 Å². The van der Waals surface area contributed by atoms with Gasteiger partial charge >= 0.3 is 5.97 Å². The highest BCUT2D eigenvalue weighted by Crippen LogP contribution is 2.10. The highest BCUT2D eigenvalue weighted by atomic mass is 16.4. The van der Waals surface area contributed by atoms with Crippen LogP contribution >= 0.6 is 0 Å². The third kappa shape index (κ3) is 4.29. The average Bonchev–Trinajstić information content (AvgIpc) is 2.34. The minimum absolute atomic E-state index is 0.152. The van der Waals surface area contributed by atoms with Crippen LogP contribution in [0.1, 0.15) is 12.5 Å². The molecule has 1 amide bonds. The van der Waals surface area contributed by atoms with Crippen molar-refractivity contribution in [1.29, 1.82) is 0 Å². The predicted molar refractivity (Wildman–Crippen MR) is 67.0 cm³/mol. The summed E-state index contributed by atoms with van der Waals surface area (Å²) in [5, 5.41) is 17.7. The van der Waals surface area contributed by atoms with E-state index < -0.39 is 5.97 Å². The van der Waals surface area contributed by atoms with Crippen LogP contribution in [-0.4, -0.2) is 40.1 Å². The number of phenols is 1. The molecule has 0 atom stereocenters. The van der Waals surface area contributed by atoms with E-state index in [4.69, 9.17) is 10.2 Å². The molecule has 18 heavy (non-hydrogen) atoms. The Morgan fingerprint density at radius 3 is 2.39 bits per heavy atom. The number of rotatable bonds is 5. The molecule has 96 valence electrons. The SMILES string of the molecule is CCN(CC(=O)O)C(=O)/C=C/c1ccc(O)cc1. The van der Waals surface area contributed by atoms with Crippen LogP contribution in [0.2, 0.25) is 0 Å². The van der Waals surface area contributed by atoms with Crippen molar-refractivity contribution in [2.24, 2.45) is 0 Å². The summed E-state index contributed by atoms with van der Waals surface area (Å²) in [6.07, 6.45) is 2.89. The molecule has 0 saturated heterocycles. The maximum atomic E-state index is 11.7. The van der Waals surface area contributed by atoms with Crippen molar-refractivity contribution in [3.8, 4) is 5.75 Å². The Morgan fingerprint density at radius 1 is 1.28 bits per heavy atom. The second-order valence-electron chi connectivity index (χ2n) is 3.67. The summed E-state index contributed by atoms with van der Waals surface area (Å²) in [7, 11) is 0. The Morgan fingerprint density at radius 2 is 1.89 bits per heavy atom. The zero-order chi connectivity index (χ0) is 13.5. The Kier molecular flexibility index (Phi) is 4.92. The van der Waals surface area contributed by atoms with Crippen LogP contribution in [0.4, 0.5) is 0 Å². The number of nitrogens with zero attached hydrogens (tertiary/aromatic N) is 1. The van der Waals surface area contributed by atoms with Gasteiger partial charge in [-0.05, 0) is 30.7 Å². The molecule has 0 heterocycles. The average molecular weight is 249 g/mol. The van der Waals surface area contributed by atoms with E-state index in [-0.39, 0.29) is 18.2 Å². The van der Waals surface area contributed by atoms with Crippen molar-refractivity contribution >= 4 is 18.0 Å². The van der Waals surface area contributed by atoms with Crippen molar-refractivity contribution in [2.45, 2.75) is 6.92 Å². The van der Waals surface area contributed by atoms with Gasteiger partial charge in [-0.15, -0.1) is 0 Å². The smallest absolute Gasteiger partial charge is 0.323 e. The highest BCUT2D eigenvalue weighted by Gasteiger charge is 2.11. The number of hydrogen-bond acceptors (Lipinski definition) is 3. The van der Waals surface area contributed by atoms with E-state index in [9.17, 15) is 9.59 Å². The molecule has 1 rings (SSSR count). The number of amides is 1. The Bertz CT molecular complexity index is 451. The van der Waals surface area contributed by atoms with Gasteiger partial charge in [-0.25, -0.2) is 0 Å². The molecule has 5 heteroatoms. The van der Waals surface area contributed by atoms with Gasteiger partial charge in [0.2, 0.25) is 5.91 Å². The van der Waals surface area contributed by atoms with Crippen LogP contribution in [0.3, 0.4) is 0 Å². The first-order valence-electron chi connectivity index (χ1n) is 5.50. The van der Waals surface area contributed by atoms with Crippen molar-refractivity contribution < 1.29 is 19.8 Å². The van der Waals surface area contributed by atoms with E-state index in [0.717, 1.165) is 5.56 Å². The lowest BCUT2D eigenvalue weighted by atomic mass is 10.2. The number of hydrogen-bond donors (Lipinski definition) is 2. The summed E-state index contributed by atoms with van der Waals surface area (Å²) in [6, 6.07) is 6.34. The summed E-state index contributed by atoms with van der Waals surface area (Å²) in [6.45, 7) is 1.75. The summed E-state index contributed by atoms with van der Waals surface area (Å²) >= 11 is 0. The lowest BCUT2D eigenvalue weighted by Gasteiger charge is -2.15. The second-order valence-corrected chi connectivity index (χ2v) is 3.67. The summed E-state index contributed by atoms with van der Waals surface area (Å²) in [4.78, 5) is 23.4. The van der Waals surface area contributed by atoms with Crippen molar-refractivity contribution in [3.05, 3.63) is 35.9 Å². The number of likely N-dealkylation sites (N-methyl/N-ethyl adjacent to an activating group) is 1. The molecule has 1 aromatic rings. The molecule has 0 aliphatic rings. The number of carboxylic acids is 1. The molecule has 0 aliphatic heterocycles. The molecular formula is C13H15NO4. The summed E-state index contributed by atoms with van der Waals surface area (Å²) < 4.78 is 0. The first-order valence-corrected chi connectivity index (χ1v) is 5.50. The molecule has 1 aromatic carbocycles. The van der Waals surface area contributed by atoms with E-state index >= 15 is 0 Å². The van der Waals surface area contributed by atoms with Crippen LogP contribution in [-0.2, 0) is 9.59 Å². The van der Waals surface area contributed by atoms with Gasteiger partial charge in [0.25, 0.3) is 0 Å². The number of carbonyl (C=O) groups is 2. The molecule has 0 fully saturated rings. The predicted octanol–water partition coefficient (Wildman–Crippen LogP) is 1.34. The number of carboxylic acid groups (broad SMARTS) is 1. The molecule has 0 unspecified atom stereocenters. The number of aliphatic carboxylic acids is 1. The normalized spacial score (nSPS) is 10.5. The third-order valence-corrected chi connectivity index (χ3v) is 2.33. The molecule has 2 N–H and O–H groups in total. The van der Waals surface area contributed by atoms with E-state index in [1.165, 1.54) is 23.1 Å². The molecule has 0 saturated carbocycles. The van der Waals surface area contributed by atoms with Crippen molar-refractivity contribution in [3.63, 3.8) is 0 Å². The molecule has 0 radical (unpaired) electrons. The fraction of sp³-hybridized carbons (Fsp3) is 0.231. The molecule has 5 nitrogen and oxygen atoms in total. The maximum absolute atomic E-state index is 11.7. The van der Waals surface area contributed by atoms with E-state index in [0.29, 0.717) is 6.54 Å². The Hall–Kier alpha value is -2.30. The molecule has 0 aromatic heterocycles. The van der Waals surface area contributed by atoms with Gasteiger partial charge < -0.3 is 15.1 Å². The van der Waals surface area contributed by atoms with Crippen LogP contribution in [0, 0.1) is 0 Å². The van der Waals surface area contributed by atoms with Crippen LogP contribution < -0.4 is 0 Å². The number of aromatic hydroxyl groups is 1. The molecule has 0 spiro atoms. The molecular weight excluding hydrogens is 234 g/mol. The quantitative estimate of drug-likeness (QED) is 0.772. The van der Waals surface area contributed by atoms with Gasteiger partial charge in [-0.3, -0.25) is 9.59 Å². The fourth-order valence-electron chi connectivity index (χ4n) is 1.37. The van der Waals surface area contributed by atoms with E-state index in [2.05, 4.69) is 0 Å². The van der Waals surface area contributed by atoms with Gasteiger partial charge in [0.1, 0.15) is 12.3 Å². The largest absolute Gasteiger partial charge is 0.508 e. The number of carbonyl (C=O) groups excluding carboxylic acids is 1. The standard InChI is InChI=1S/C13H15NO4/c1-2-14(9-13(17)18)12(16)8-5-10-3-6-11(15)7-4-10/h3-8,15H,2,9H2,1H3,(H,17,18)/b8-5+. The summed E-state index contributed by atoms with van der Waals surface area (Å²) in [5.74, 6) is -1.24. The van der Waals surface area contributed by atoms with Gasteiger partial charge in [0.05, 0.1) is 0 Å². The monoisotopic (exact) mass is 249 g/mol. The zero-order valence-corrected chi connectivity index (χ0v) is 10.0. The summed E-state index contributed by atoms with van der Waals surface area (Å²) in [5.41, 5.74) is 0.757. The van der Waals surface area contributed by atoms with E-state index in [1.807, 2.05) is 0 Å². The fourth-order valence-corrected chi connectivity index (χ4v) is 1.37. The molecule has 0 aliphatic carbocycles. The zero-order valence-electron chi connectivity index (χ0n) is 10.0. The van der Waals surface area contributed by atoms with E-state index in [1.54, 1.807) is 25.1 Å². The van der Waals surface area contributed by atoms with Crippen molar-refractivity contribution in [2.75, 3.05) is 13.1 Å². The number of phenolic OH excluding ortho intramolecular Hbond substituents is 1. The number of benzene rings is 1. The Balaban J connectivity index is 2.67. The molecule has 0 bridgehead atoms. The van der Waals surface area contributed by atoms with Crippen LogP contribution in [0.15, 0.2) is 30.3 Å². The Labute approximate surface area is 105 Å². The lowest BCUT2D eigenvalue weighted by Crippen LogP contribution is -2.34. The van der Waals surface area contributed by atoms with Crippen LogP contribution in [0.25, 0.3) is 6.08 Å². The van der Waals surface area contributed by atoms with Crippen molar-refractivity contribution in [1.82, 2.24) is 4.90 Å². The van der Waals surface area contributed by atoms with Crippen LogP contribution in [0.5, 0.6) is 5.75 Å². The van der Waals surface area contributed by atoms with Gasteiger partial charge in [-0.1, -0.05) is 12.1 Å². The van der Waals surface area contributed by atoms with Gasteiger partial charge in [-0.2, -0.15) is 0 Å². The second kappa shape index (κ2) is 6.44. The first kappa shape index (κ1) is 13.8. The lowest BCUT2D eigenvalue weighted by molar-refractivity contribution is -0.142. The van der Waals surface area contributed by atoms with Gasteiger partial charge in [0, 0.05) is 12.6 Å². The minimum atomic E-state index is -1.04. The minimum Gasteiger partial charge on any atom is -0.508 e. The highest BCUT2D eigenvalue weighted by molar-refractivity contribution is 5.93. The first-order chi connectivity index (χ1) is 8.52.